The summed E-state index contributed by atoms with van der Waals surface area (Å²) in [5, 5.41) is 1.40. The lowest BCUT2D eigenvalue weighted by molar-refractivity contribution is -0.0108. The molecule has 11 rings (SSSR count). The Morgan fingerprint density at radius 3 is 2.12 bits per heavy atom. The van der Waals surface area contributed by atoms with E-state index in [9.17, 15) is 0 Å². The molecule has 0 spiro atoms. The highest BCUT2D eigenvalue weighted by molar-refractivity contribution is 7.22. The van der Waals surface area contributed by atoms with Crippen molar-refractivity contribution in [1.82, 2.24) is 0 Å². The molecule has 0 N–H and O–H groups in total. The van der Waals surface area contributed by atoms with Crippen LogP contribution in [0, 0.1) is 12.3 Å². The largest absolute Gasteiger partial charge is 0.472 e. The lowest BCUT2D eigenvalue weighted by Gasteiger charge is -2.45. The highest BCUT2D eigenvalue weighted by atomic mass is 32.1. The Hall–Kier alpha value is -4.74. The van der Waals surface area contributed by atoms with E-state index in [1.165, 1.54) is 82.8 Å². The first-order valence-corrected chi connectivity index (χ1v) is 19.0. The summed E-state index contributed by atoms with van der Waals surface area (Å²) < 4.78 is 8.75. The second-order valence-electron chi connectivity index (χ2n) is 16.1. The Morgan fingerprint density at radius 2 is 1.38 bits per heavy atom. The molecule has 3 aliphatic heterocycles. The summed E-state index contributed by atoms with van der Waals surface area (Å²) >= 11 is 1.97. The number of hydrogen-bond acceptors (Lipinski definition) is 4. The van der Waals surface area contributed by atoms with E-state index in [0.29, 0.717) is 0 Å². The van der Waals surface area contributed by atoms with Gasteiger partial charge in [0.15, 0.2) is 5.88 Å². The Bertz CT molecular complexity index is 2480. The van der Waals surface area contributed by atoms with Crippen LogP contribution in [0.1, 0.15) is 63.6 Å². The molecule has 4 heterocycles. The zero-order valence-electron chi connectivity index (χ0n) is 29.3. The SMILES string of the molecule is Cc1cc2c3c(c1)N(c1ccccc1)c1cc4sc5c(c4cc1B3C1=C(OC3(C)CCCC13C)N2c1ccccc1)C(C)(C)c1ccccc1-5. The second-order valence-corrected chi connectivity index (χ2v) is 17.2. The predicted molar refractivity (Wildman–Crippen MR) is 211 cm³/mol. The lowest BCUT2D eigenvalue weighted by atomic mass is 9.29. The standard InChI is InChI=1S/C45H39BN2OS/c1-27-23-35-39-36(24-27)48(29-17-10-7-11-18-29)42-41(44(4)21-14-22-45(44,5)49-42)46(39)33-25-31-37(26-34(33)47(35)28-15-8-6-9-16-28)50-40-30-19-12-13-20-32(30)43(2,3)38(31)40/h6-13,15-20,23-26H,14,21-22H2,1-5H3. The number of fused-ring (bicyclic) bond motifs is 10. The maximum absolute atomic E-state index is 7.38. The maximum Gasteiger partial charge on any atom is 0.252 e. The number of para-hydroxylation sites is 2. The Labute approximate surface area is 298 Å². The maximum atomic E-state index is 7.38. The van der Waals surface area contributed by atoms with Gasteiger partial charge in [0.2, 0.25) is 0 Å². The summed E-state index contributed by atoms with van der Waals surface area (Å²) in [5.74, 6) is 1.05. The van der Waals surface area contributed by atoms with E-state index in [1.807, 2.05) is 11.3 Å². The molecular weight excluding hydrogens is 627 g/mol. The van der Waals surface area contributed by atoms with E-state index in [4.69, 9.17) is 4.74 Å². The van der Waals surface area contributed by atoms with E-state index in [0.717, 1.165) is 24.4 Å². The van der Waals surface area contributed by atoms with E-state index in [2.05, 4.69) is 154 Å². The van der Waals surface area contributed by atoms with Gasteiger partial charge in [-0.2, -0.15) is 0 Å². The molecule has 0 amide bonds. The molecule has 50 heavy (non-hydrogen) atoms. The average Bonchev–Trinajstić information content (AvgIpc) is 3.77. The number of nitrogens with zero attached hydrogens (tertiary/aromatic N) is 2. The van der Waals surface area contributed by atoms with Crippen molar-refractivity contribution in [2.45, 2.75) is 64.9 Å². The first kappa shape index (κ1) is 29.0. The molecule has 2 aliphatic carbocycles. The van der Waals surface area contributed by atoms with E-state index >= 15 is 0 Å². The van der Waals surface area contributed by atoms with E-state index in [1.54, 1.807) is 0 Å². The van der Waals surface area contributed by atoms with Gasteiger partial charge in [0.1, 0.15) is 5.60 Å². The molecule has 5 heteroatoms. The normalized spacial score (nSPS) is 23.3. The van der Waals surface area contributed by atoms with Crippen LogP contribution >= 0.6 is 11.3 Å². The topological polar surface area (TPSA) is 15.7 Å². The van der Waals surface area contributed by atoms with E-state index in [-0.39, 0.29) is 23.1 Å². The van der Waals surface area contributed by atoms with Gasteiger partial charge in [-0.05, 0) is 120 Å². The molecule has 244 valence electrons. The first-order chi connectivity index (χ1) is 24.2. The Morgan fingerprint density at radius 1 is 0.720 bits per heavy atom. The van der Waals surface area contributed by atoms with Crippen molar-refractivity contribution in [3.05, 3.63) is 137 Å². The van der Waals surface area contributed by atoms with Gasteiger partial charge in [0.25, 0.3) is 6.71 Å². The molecule has 2 unspecified atom stereocenters. The van der Waals surface area contributed by atoms with Crippen LogP contribution in [0.15, 0.2) is 121 Å². The minimum absolute atomic E-state index is 0.0695. The number of benzene rings is 5. The van der Waals surface area contributed by atoms with Gasteiger partial charge in [-0.15, -0.1) is 11.3 Å². The summed E-state index contributed by atoms with van der Waals surface area (Å²) in [7, 11) is 0. The third-order valence-corrected chi connectivity index (χ3v) is 14.3. The quantitative estimate of drug-likeness (QED) is 0.171. The van der Waals surface area contributed by atoms with Crippen LogP contribution in [0.2, 0.25) is 0 Å². The predicted octanol–water partition coefficient (Wildman–Crippen LogP) is 10.8. The number of thiophene rings is 1. The highest BCUT2D eigenvalue weighted by Crippen LogP contribution is 2.63. The number of ether oxygens (including phenoxy) is 1. The zero-order valence-corrected chi connectivity index (χ0v) is 30.1. The minimum Gasteiger partial charge on any atom is -0.472 e. The monoisotopic (exact) mass is 666 g/mol. The van der Waals surface area contributed by atoms with Crippen molar-refractivity contribution >= 4 is 67.5 Å². The number of rotatable bonds is 2. The highest BCUT2D eigenvalue weighted by Gasteiger charge is 2.64. The third-order valence-electron chi connectivity index (χ3n) is 13.1. The van der Waals surface area contributed by atoms with Gasteiger partial charge in [0, 0.05) is 48.8 Å². The molecule has 1 saturated carbocycles. The van der Waals surface area contributed by atoms with Crippen LogP contribution in [0.3, 0.4) is 0 Å². The Balaban J connectivity index is 1.28. The number of anilines is 5. The molecule has 5 aromatic carbocycles. The summed E-state index contributed by atoms with van der Waals surface area (Å²) in [4.78, 5) is 6.45. The van der Waals surface area contributed by atoms with Crippen LogP contribution in [0.25, 0.3) is 20.5 Å². The van der Waals surface area contributed by atoms with Gasteiger partial charge >= 0.3 is 0 Å². The number of aryl methyl sites for hydroxylation is 1. The summed E-state index contributed by atoms with van der Waals surface area (Å²) in [6.07, 6.45) is 3.39. The van der Waals surface area contributed by atoms with Crippen LogP contribution < -0.4 is 20.7 Å². The molecule has 0 saturated heterocycles. The molecule has 0 radical (unpaired) electrons. The molecule has 1 fully saturated rings. The fourth-order valence-corrected chi connectivity index (χ4v) is 12.0. The molecular formula is C45H39BN2OS. The molecule has 2 atom stereocenters. The van der Waals surface area contributed by atoms with E-state index < -0.39 is 0 Å². The number of hydrogen-bond donors (Lipinski definition) is 0. The van der Waals surface area contributed by atoms with Gasteiger partial charge in [-0.25, -0.2) is 0 Å². The molecule has 3 nitrogen and oxygen atoms in total. The smallest absolute Gasteiger partial charge is 0.252 e. The molecule has 6 aromatic rings. The van der Waals surface area contributed by atoms with Gasteiger partial charge in [-0.3, -0.25) is 4.90 Å². The zero-order chi connectivity index (χ0) is 33.7. The average molecular weight is 667 g/mol. The minimum atomic E-state index is -0.254. The molecule has 0 bridgehead atoms. The second kappa shape index (κ2) is 9.53. The summed E-state index contributed by atoms with van der Waals surface area (Å²) in [6, 6.07) is 41.0. The fraction of sp³-hybridized carbons (Fsp3) is 0.244. The third kappa shape index (κ3) is 3.42. The summed E-state index contributed by atoms with van der Waals surface area (Å²) in [5.41, 5.74) is 15.6. The van der Waals surface area contributed by atoms with Crippen molar-refractivity contribution in [2.24, 2.45) is 5.41 Å². The summed E-state index contributed by atoms with van der Waals surface area (Å²) in [6.45, 7) is 12.1. The van der Waals surface area contributed by atoms with Crippen LogP contribution in [0.4, 0.5) is 28.4 Å². The van der Waals surface area contributed by atoms with Crippen LogP contribution in [-0.2, 0) is 10.2 Å². The van der Waals surface area contributed by atoms with Crippen molar-refractivity contribution in [2.75, 3.05) is 9.80 Å². The van der Waals surface area contributed by atoms with Crippen LogP contribution in [-0.4, -0.2) is 12.3 Å². The van der Waals surface area contributed by atoms with Gasteiger partial charge in [0.05, 0.1) is 0 Å². The fourth-order valence-electron chi connectivity index (χ4n) is 10.6. The van der Waals surface area contributed by atoms with Crippen molar-refractivity contribution in [3.63, 3.8) is 0 Å². The lowest BCUT2D eigenvalue weighted by Crippen LogP contribution is -2.58. The Kier molecular flexibility index (Phi) is 5.53. The van der Waals surface area contributed by atoms with Crippen molar-refractivity contribution < 1.29 is 4.74 Å². The molecule has 1 aromatic heterocycles. The molecule has 5 aliphatic rings. The van der Waals surface area contributed by atoms with Gasteiger partial charge < -0.3 is 9.64 Å². The first-order valence-electron chi connectivity index (χ1n) is 18.2. The van der Waals surface area contributed by atoms with Gasteiger partial charge in [-0.1, -0.05) is 87.5 Å². The van der Waals surface area contributed by atoms with Crippen molar-refractivity contribution in [3.8, 4) is 10.4 Å². The van der Waals surface area contributed by atoms with Crippen LogP contribution in [0.5, 0.6) is 0 Å². The van der Waals surface area contributed by atoms with Crippen molar-refractivity contribution in [1.29, 1.82) is 0 Å².